The van der Waals surface area contributed by atoms with Gasteiger partial charge in [0.1, 0.15) is 0 Å². The second-order valence-electron chi connectivity index (χ2n) is 7.11. The number of carbonyl (C=O) groups is 1. The van der Waals surface area contributed by atoms with Crippen LogP contribution in [0.4, 0.5) is 0 Å². The number of hydrogen-bond donors (Lipinski definition) is 0. The van der Waals surface area contributed by atoms with Gasteiger partial charge in [-0.2, -0.15) is 0 Å². The van der Waals surface area contributed by atoms with Gasteiger partial charge in [0.05, 0.1) is 0 Å². The number of aromatic nitrogens is 2. The maximum Gasteiger partial charge on any atom is 0.253 e. The molecule has 1 amide bonds. The first-order chi connectivity index (χ1) is 14.5. The Morgan fingerprint density at radius 1 is 0.933 bits per heavy atom. The van der Waals surface area contributed by atoms with Gasteiger partial charge in [0.15, 0.2) is 0 Å². The summed E-state index contributed by atoms with van der Waals surface area (Å²) < 4.78 is 6.81. The lowest BCUT2D eigenvalue weighted by molar-refractivity contribution is 0.0785. The highest BCUT2D eigenvalue weighted by molar-refractivity contribution is 9.10. The van der Waals surface area contributed by atoms with Crippen molar-refractivity contribution < 1.29 is 9.21 Å². The normalized spacial score (nSPS) is 10.8. The van der Waals surface area contributed by atoms with Crippen LogP contribution in [0, 0.1) is 6.92 Å². The summed E-state index contributed by atoms with van der Waals surface area (Å²) in [5.74, 6) is 0.845. The molecule has 4 rings (SSSR count). The largest absolute Gasteiger partial charge is 0.416 e. The van der Waals surface area contributed by atoms with Gasteiger partial charge in [0, 0.05) is 34.8 Å². The molecule has 0 atom stereocenters. The lowest BCUT2D eigenvalue weighted by Crippen LogP contribution is -2.26. The van der Waals surface area contributed by atoms with Crippen LogP contribution in [0.2, 0.25) is 0 Å². The van der Waals surface area contributed by atoms with Crippen LogP contribution in [0.15, 0.2) is 81.7 Å². The van der Waals surface area contributed by atoms with Crippen LogP contribution in [-0.2, 0) is 6.54 Å². The van der Waals surface area contributed by atoms with Crippen LogP contribution in [0.3, 0.4) is 0 Å². The van der Waals surface area contributed by atoms with Crippen molar-refractivity contribution in [1.29, 1.82) is 0 Å². The molecule has 5 nitrogen and oxygen atoms in total. The van der Waals surface area contributed by atoms with Crippen LogP contribution < -0.4 is 0 Å². The Labute approximate surface area is 183 Å². The molecule has 30 heavy (non-hydrogen) atoms. The van der Waals surface area contributed by atoms with E-state index in [1.54, 1.807) is 24.1 Å². The molecule has 0 unspecified atom stereocenters. The van der Waals surface area contributed by atoms with Crippen molar-refractivity contribution in [1.82, 2.24) is 15.1 Å². The van der Waals surface area contributed by atoms with E-state index in [0.29, 0.717) is 23.9 Å². The molecular weight excluding hydrogens is 442 g/mol. The summed E-state index contributed by atoms with van der Waals surface area (Å²) in [6.45, 7) is 2.54. The third kappa shape index (κ3) is 4.33. The quantitative estimate of drug-likeness (QED) is 0.379. The highest BCUT2D eigenvalue weighted by Gasteiger charge is 2.15. The lowest BCUT2D eigenvalue weighted by atomic mass is 10.1. The number of hydrogen-bond acceptors (Lipinski definition) is 4. The van der Waals surface area contributed by atoms with E-state index in [-0.39, 0.29) is 5.91 Å². The molecule has 3 aromatic carbocycles. The molecule has 0 aliphatic rings. The number of carbonyl (C=O) groups excluding carboxylic acids is 1. The van der Waals surface area contributed by atoms with Crippen LogP contribution in [-0.4, -0.2) is 28.1 Å². The van der Waals surface area contributed by atoms with E-state index in [1.807, 2.05) is 67.6 Å². The van der Waals surface area contributed by atoms with Crippen molar-refractivity contribution in [3.63, 3.8) is 0 Å². The summed E-state index contributed by atoms with van der Waals surface area (Å²) in [5, 5.41) is 8.30. The fraction of sp³-hybridized carbons (Fsp3) is 0.125. The number of rotatable bonds is 5. The summed E-state index contributed by atoms with van der Waals surface area (Å²) in [4.78, 5) is 14.5. The molecule has 0 N–H and O–H groups in total. The molecule has 1 heterocycles. The molecule has 0 radical (unpaired) electrons. The molecule has 0 saturated heterocycles. The van der Waals surface area contributed by atoms with E-state index in [2.05, 4.69) is 26.1 Å². The zero-order valence-electron chi connectivity index (χ0n) is 16.7. The fourth-order valence-corrected chi connectivity index (χ4v) is 3.57. The minimum Gasteiger partial charge on any atom is -0.416 e. The highest BCUT2D eigenvalue weighted by atomic mass is 79.9. The smallest absolute Gasteiger partial charge is 0.253 e. The van der Waals surface area contributed by atoms with Crippen LogP contribution in [0.25, 0.3) is 22.9 Å². The summed E-state index contributed by atoms with van der Waals surface area (Å²) >= 11 is 3.53. The predicted molar refractivity (Wildman–Crippen MR) is 120 cm³/mol. The zero-order chi connectivity index (χ0) is 21.1. The van der Waals surface area contributed by atoms with E-state index in [9.17, 15) is 4.79 Å². The Bertz CT molecular complexity index is 1190. The van der Waals surface area contributed by atoms with Crippen LogP contribution >= 0.6 is 15.9 Å². The molecule has 0 spiro atoms. The second-order valence-corrected chi connectivity index (χ2v) is 7.97. The minimum atomic E-state index is -0.0525. The summed E-state index contributed by atoms with van der Waals surface area (Å²) in [6, 6.07) is 23.0. The van der Waals surface area contributed by atoms with E-state index in [1.165, 1.54) is 0 Å². The van der Waals surface area contributed by atoms with Gasteiger partial charge in [-0.15, -0.1) is 10.2 Å². The van der Waals surface area contributed by atoms with Gasteiger partial charge in [-0.05, 0) is 55.0 Å². The molecule has 1 aromatic heterocycles. The Morgan fingerprint density at radius 3 is 2.33 bits per heavy atom. The van der Waals surface area contributed by atoms with Crippen molar-refractivity contribution in [3.8, 4) is 22.9 Å². The lowest BCUT2D eigenvalue weighted by Gasteiger charge is -2.18. The standard InChI is InChI=1S/C24H20BrN3O2/c1-16-6-5-8-19(14-16)23-27-26-22(30-23)17-10-12-18(13-11-17)24(29)28(2)15-20-7-3-4-9-21(20)25/h3-14H,15H2,1-2H3. The van der Waals surface area contributed by atoms with Crippen LogP contribution in [0.5, 0.6) is 0 Å². The molecule has 150 valence electrons. The van der Waals surface area contributed by atoms with Gasteiger partial charge in [0.2, 0.25) is 11.8 Å². The van der Waals surface area contributed by atoms with Gasteiger partial charge in [-0.3, -0.25) is 4.79 Å². The maximum absolute atomic E-state index is 12.8. The second kappa shape index (κ2) is 8.63. The summed E-state index contributed by atoms with van der Waals surface area (Å²) in [5.41, 5.74) is 4.44. The zero-order valence-corrected chi connectivity index (χ0v) is 18.3. The predicted octanol–water partition coefficient (Wildman–Crippen LogP) is 5.75. The molecular formula is C24H20BrN3O2. The first-order valence-corrected chi connectivity index (χ1v) is 10.3. The van der Waals surface area contributed by atoms with Crippen LogP contribution in [0.1, 0.15) is 21.5 Å². The number of aryl methyl sites for hydroxylation is 1. The summed E-state index contributed by atoms with van der Waals surface area (Å²) in [7, 11) is 1.79. The van der Waals surface area contributed by atoms with E-state index < -0.39 is 0 Å². The third-order valence-electron chi connectivity index (χ3n) is 4.78. The third-order valence-corrected chi connectivity index (χ3v) is 5.55. The van der Waals surface area contributed by atoms with Crippen molar-refractivity contribution >= 4 is 21.8 Å². The first-order valence-electron chi connectivity index (χ1n) is 9.51. The number of amides is 1. The number of halogens is 1. The molecule has 0 aliphatic heterocycles. The van der Waals surface area contributed by atoms with Crippen molar-refractivity contribution in [2.75, 3.05) is 7.05 Å². The first kappa shape index (κ1) is 20.0. The molecule has 0 aliphatic carbocycles. The molecule has 6 heteroatoms. The number of nitrogens with zero attached hydrogens (tertiary/aromatic N) is 3. The van der Waals surface area contributed by atoms with Gasteiger partial charge >= 0.3 is 0 Å². The Kier molecular flexibility index (Phi) is 5.77. The SMILES string of the molecule is Cc1cccc(-c2nnc(-c3ccc(C(=O)N(C)Cc4ccccc4Br)cc3)o2)c1. The van der Waals surface area contributed by atoms with Crippen molar-refractivity contribution in [3.05, 3.63) is 94.0 Å². The molecule has 4 aromatic rings. The number of benzene rings is 3. The van der Waals surface area contributed by atoms with Gasteiger partial charge in [-0.1, -0.05) is 51.8 Å². The van der Waals surface area contributed by atoms with Gasteiger partial charge < -0.3 is 9.32 Å². The average molecular weight is 462 g/mol. The van der Waals surface area contributed by atoms with E-state index >= 15 is 0 Å². The van der Waals surface area contributed by atoms with Gasteiger partial charge in [0.25, 0.3) is 5.91 Å². The molecule has 0 fully saturated rings. The Balaban J connectivity index is 1.49. The minimum absolute atomic E-state index is 0.0525. The monoisotopic (exact) mass is 461 g/mol. The highest BCUT2D eigenvalue weighted by Crippen LogP contribution is 2.25. The fourth-order valence-electron chi connectivity index (χ4n) is 3.16. The van der Waals surface area contributed by atoms with E-state index in [4.69, 9.17) is 4.42 Å². The molecule has 0 bridgehead atoms. The Morgan fingerprint density at radius 2 is 1.63 bits per heavy atom. The maximum atomic E-state index is 12.8. The molecule has 0 saturated carbocycles. The summed E-state index contributed by atoms with van der Waals surface area (Å²) in [6.07, 6.45) is 0. The average Bonchev–Trinajstić information content (AvgIpc) is 3.25. The van der Waals surface area contributed by atoms with Gasteiger partial charge in [-0.25, -0.2) is 0 Å². The Hall–Kier alpha value is -3.25. The topological polar surface area (TPSA) is 59.2 Å². The van der Waals surface area contributed by atoms with Crippen molar-refractivity contribution in [2.45, 2.75) is 13.5 Å². The van der Waals surface area contributed by atoms with E-state index in [0.717, 1.165) is 26.7 Å². The van der Waals surface area contributed by atoms with Crippen molar-refractivity contribution in [2.24, 2.45) is 0 Å².